The smallest absolute Gasteiger partial charge is 0.414 e. The van der Waals surface area contributed by atoms with Crippen molar-refractivity contribution in [3.05, 3.63) is 59.7 Å². The molecular formula is C22H27N3O7S. The van der Waals surface area contributed by atoms with E-state index in [4.69, 9.17) is 19.8 Å². The summed E-state index contributed by atoms with van der Waals surface area (Å²) in [6.45, 7) is 6.69. The molecule has 0 saturated carbocycles. The van der Waals surface area contributed by atoms with Crippen molar-refractivity contribution >= 4 is 33.6 Å². The molecule has 10 nitrogen and oxygen atoms in total. The van der Waals surface area contributed by atoms with Gasteiger partial charge in [-0.15, -0.1) is 0 Å². The Morgan fingerprint density at radius 3 is 2.00 bits per heavy atom. The minimum atomic E-state index is -3.52. The summed E-state index contributed by atoms with van der Waals surface area (Å²) in [5.74, 6) is -3.83. The zero-order valence-electron chi connectivity index (χ0n) is 18.4. The topological polar surface area (TPSA) is 144 Å². The highest BCUT2D eigenvalue weighted by Gasteiger charge is 2.28. The van der Waals surface area contributed by atoms with Crippen LogP contribution in [-0.2, 0) is 31.0 Å². The van der Waals surface area contributed by atoms with Crippen molar-refractivity contribution in [1.29, 1.82) is 0 Å². The summed E-state index contributed by atoms with van der Waals surface area (Å²) in [5.41, 5.74) is 3.07. The Balaban J connectivity index is 0.000000569. The molecule has 0 aliphatic carbocycles. The van der Waals surface area contributed by atoms with Gasteiger partial charge in [-0.2, -0.15) is 4.31 Å². The molecular weight excluding hydrogens is 450 g/mol. The number of hydrogen-bond acceptors (Lipinski definition) is 6. The lowest BCUT2D eigenvalue weighted by Gasteiger charge is -2.34. The number of amides is 1. The summed E-state index contributed by atoms with van der Waals surface area (Å²) >= 11 is 0. The molecule has 178 valence electrons. The quantitative estimate of drug-likeness (QED) is 0.551. The highest BCUT2D eigenvalue weighted by atomic mass is 32.2. The molecule has 2 aromatic rings. The first-order valence-corrected chi connectivity index (χ1v) is 11.5. The van der Waals surface area contributed by atoms with Crippen molar-refractivity contribution in [2.45, 2.75) is 25.3 Å². The third kappa shape index (κ3) is 7.97. The van der Waals surface area contributed by atoms with Crippen molar-refractivity contribution in [2.24, 2.45) is 0 Å². The Hall–Kier alpha value is -3.28. The van der Waals surface area contributed by atoms with E-state index in [0.717, 1.165) is 6.54 Å². The van der Waals surface area contributed by atoms with E-state index in [0.29, 0.717) is 31.9 Å². The van der Waals surface area contributed by atoms with Gasteiger partial charge in [0.25, 0.3) is 0 Å². The van der Waals surface area contributed by atoms with Crippen LogP contribution in [-0.4, -0.2) is 71.9 Å². The first kappa shape index (κ1) is 26.0. The van der Waals surface area contributed by atoms with Crippen LogP contribution in [0.2, 0.25) is 0 Å². The van der Waals surface area contributed by atoms with Gasteiger partial charge in [-0.25, -0.2) is 18.0 Å². The van der Waals surface area contributed by atoms with E-state index in [2.05, 4.69) is 41.4 Å². The molecule has 1 saturated heterocycles. The number of carbonyl (C=O) groups is 3. The second kappa shape index (κ2) is 11.5. The number of aliphatic carboxylic acids is 2. The van der Waals surface area contributed by atoms with Crippen LogP contribution in [0.1, 0.15) is 18.1 Å². The number of benzene rings is 2. The molecule has 3 rings (SSSR count). The Bertz CT molecular complexity index is 1080. The largest absolute Gasteiger partial charge is 0.473 e. The average molecular weight is 478 g/mol. The first-order chi connectivity index (χ1) is 15.5. The van der Waals surface area contributed by atoms with Crippen LogP contribution in [0, 0.1) is 6.92 Å². The van der Waals surface area contributed by atoms with Crippen molar-refractivity contribution in [3.63, 3.8) is 0 Å². The third-order valence-electron chi connectivity index (χ3n) is 4.82. The number of carbonyl (C=O) groups excluding carboxylic acids is 1. The molecule has 0 bridgehead atoms. The average Bonchev–Trinajstić information content (AvgIpc) is 2.74. The third-order valence-corrected chi connectivity index (χ3v) is 6.73. The van der Waals surface area contributed by atoms with Gasteiger partial charge in [-0.1, -0.05) is 29.8 Å². The van der Waals surface area contributed by atoms with Gasteiger partial charge in [0.15, 0.2) is 0 Å². The molecule has 0 aromatic heterocycles. The van der Waals surface area contributed by atoms with E-state index in [9.17, 15) is 13.2 Å². The van der Waals surface area contributed by atoms with Gasteiger partial charge in [-0.3, -0.25) is 9.69 Å². The van der Waals surface area contributed by atoms with Crippen molar-refractivity contribution in [3.8, 4) is 0 Å². The molecule has 0 radical (unpaired) electrons. The summed E-state index contributed by atoms with van der Waals surface area (Å²) in [7, 11) is -3.52. The zero-order valence-corrected chi connectivity index (χ0v) is 19.2. The van der Waals surface area contributed by atoms with Crippen LogP contribution in [0.4, 0.5) is 5.69 Å². The molecule has 33 heavy (non-hydrogen) atoms. The molecule has 1 aliphatic heterocycles. The Morgan fingerprint density at radius 2 is 1.52 bits per heavy atom. The summed E-state index contributed by atoms with van der Waals surface area (Å²) in [4.78, 5) is 31.8. The molecule has 1 amide bonds. The Kier molecular flexibility index (Phi) is 9.09. The highest BCUT2D eigenvalue weighted by molar-refractivity contribution is 7.89. The molecule has 1 aliphatic rings. The van der Waals surface area contributed by atoms with E-state index in [-0.39, 0.29) is 10.8 Å². The number of sulfonamides is 1. The highest BCUT2D eigenvalue weighted by Crippen LogP contribution is 2.20. The SMILES string of the molecule is CC(=O)Nc1ccc(S(=O)(=O)N2CCN(Cc3cccc(C)c3)CC2)cc1.O=C(O)C(=O)O. The predicted molar refractivity (Wildman–Crippen MR) is 121 cm³/mol. The first-order valence-electron chi connectivity index (χ1n) is 10.1. The number of carboxylic acids is 2. The molecule has 3 N–H and O–H groups in total. The number of hydrogen-bond donors (Lipinski definition) is 3. The van der Waals surface area contributed by atoms with Crippen molar-refractivity contribution in [1.82, 2.24) is 9.21 Å². The monoisotopic (exact) mass is 477 g/mol. The van der Waals surface area contributed by atoms with Crippen molar-refractivity contribution in [2.75, 3.05) is 31.5 Å². The molecule has 2 aromatic carbocycles. The van der Waals surface area contributed by atoms with E-state index in [1.807, 2.05) is 0 Å². The van der Waals surface area contributed by atoms with E-state index in [1.165, 1.54) is 22.4 Å². The molecule has 1 fully saturated rings. The normalized spacial score (nSPS) is 14.6. The fourth-order valence-electron chi connectivity index (χ4n) is 3.26. The van der Waals surface area contributed by atoms with E-state index < -0.39 is 22.0 Å². The molecule has 1 heterocycles. The number of nitrogens with zero attached hydrogens (tertiary/aromatic N) is 2. The maximum Gasteiger partial charge on any atom is 0.414 e. The number of anilines is 1. The minimum Gasteiger partial charge on any atom is -0.473 e. The maximum atomic E-state index is 12.9. The van der Waals surface area contributed by atoms with Gasteiger partial charge >= 0.3 is 11.9 Å². The zero-order chi connectivity index (χ0) is 24.6. The summed E-state index contributed by atoms with van der Waals surface area (Å²) in [5, 5.41) is 17.4. The van der Waals surface area contributed by atoms with Crippen LogP contribution in [0.3, 0.4) is 0 Å². The van der Waals surface area contributed by atoms with Crippen LogP contribution in [0.15, 0.2) is 53.4 Å². The Labute approximate surface area is 192 Å². The van der Waals surface area contributed by atoms with E-state index >= 15 is 0 Å². The summed E-state index contributed by atoms with van der Waals surface area (Å²) in [6.07, 6.45) is 0. The van der Waals surface area contributed by atoms with E-state index in [1.54, 1.807) is 24.3 Å². The van der Waals surface area contributed by atoms with Crippen LogP contribution >= 0.6 is 0 Å². The van der Waals surface area contributed by atoms with Crippen LogP contribution in [0.25, 0.3) is 0 Å². The lowest BCUT2D eigenvalue weighted by molar-refractivity contribution is -0.159. The number of rotatable bonds is 5. The summed E-state index contributed by atoms with van der Waals surface area (Å²) < 4.78 is 27.2. The number of nitrogens with one attached hydrogen (secondary N) is 1. The second-order valence-corrected chi connectivity index (χ2v) is 9.42. The standard InChI is InChI=1S/C20H25N3O3S.C2H2O4/c1-16-4-3-5-18(14-16)15-22-10-12-23(13-11-22)27(25,26)20-8-6-19(7-9-20)21-17(2)24;3-1(4)2(5)6/h3-9,14H,10-13,15H2,1-2H3,(H,21,24);(H,3,4)(H,5,6). The number of aryl methyl sites for hydroxylation is 1. The summed E-state index contributed by atoms with van der Waals surface area (Å²) in [6, 6.07) is 14.7. The van der Waals surface area contributed by atoms with Crippen LogP contribution < -0.4 is 5.32 Å². The predicted octanol–water partition coefficient (Wildman–Crippen LogP) is 1.62. The molecule has 0 atom stereocenters. The van der Waals surface area contributed by atoms with Gasteiger partial charge in [0.2, 0.25) is 15.9 Å². The van der Waals surface area contributed by atoms with Gasteiger partial charge in [-0.05, 0) is 36.8 Å². The lowest BCUT2D eigenvalue weighted by atomic mass is 10.1. The van der Waals surface area contributed by atoms with Crippen LogP contribution in [0.5, 0.6) is 0 Å². The van der Waals surface area contributed by atoms with Gasteiger partial charge in [0, 0.05) is 45.3 Å². The molecule has 0 spiro atoms. The lowest BCUT2D eigenvalue weighted by Crippen LogP contribution is -2.48. The Morgan fingerprint density at radius 1 is 0.939 bits per heavy atom. The van der Waals surface area contributed by atoms with Gasteiger partial charge in [0.05, 0.1) is 4.90 Å². The molecule has 11 heteroatoms. The van der Waals surface area contributed by atoms with Gasteiger partial charge in [0.1, 0.15) is 0 Å². The molecule has 0 unspecified atom stereocenters. The van der Waals surface area contributed by atoms with Crippen molar-refractivity contribution < 1.29 is 33.0 Å². The maximum absolute atomic E-state index is 12.9. The second-order valence-electron chi connectivity index (χ2n) is 7.49. The number of carboxylic acid groups (broad SMARTS) is 2. The van der Waals surface area contributed by atoms with Gasteiger partial charge < -0.3 is 15.5 Å². The number of piperazine rings is 1. The minimum absolute atomic E-state index is 0.185. The fourth-order valence-corrected chi connectivity index (χ4v) is 4.68. The fraction of sp³-hybridized carbons (Fsp3) is 0.318.